The van der Waals surface area contributed by atoms with Crippen LogP contribution in [-0.2, 0) is 0 Å². The fourth-order valence-corrected chi connectivity index (χ4v) is 3.65. The molecule has 4 nitrogen and oxygen atoms in total. The number of nitrogens with zero attached hydrogens (tertiary/aromatic N) is 3. The lowest BCUT2D eigenvalue weighted by Crippen LogP contribution is -2.28. The first-order valence-corrected chi connectivity index (χ1v) is 9.05. The van der Waals surface area contributed by atoms with Crippen LogP contribution in [0.4, 0.5) is 0 Å². The molecule has 1 amide bonds. The van der Waals surface area contributed by atoms with Gasteiger partial charge in [-0.3, -0.25) is 9.78 Å². The lowest BCUT2D eigenvalue weighted by Gasteiger charge is -2.17. The second-order valence-corrected chi connectivity index (χ2v) is 6.76. The Bertz CT molecular complexity index is 993. The third kappa shape index (κ3) is 3.45. The van der Waals surface area contributed by atoms with Crippen molar-refractivity contribution in [3.63, 3.8) is 0 Å². The summed E-state index contributed by atoms with van der Waals surface area (Å²) < 4.78 is 0. The summed E-state index contributed by atoms with van der Waals surface area (Å²) in [4.78, 5) is 19.1. The molecule has 1 aliphatic heterocycles. The van der Waals surface area contributed by atoms with Gasteiger partial charge in [0.05, 0.1) is 11.6 Å². The van der Waals surface area contributed by atoms with Gasteiger partial charge in [0.15, 0.2) is 0 Å². The van der Waals surface area contributed by atoms with E-state index in [1.807, 2.05) is 53.6 Å². The van der Waals surface area contributed by atoms with E-state index < -0.39 is 0 Å². The highest BCUT2D eigenvalue weighted by atomic mass is 16.2. The highest BCUT2D eigenvalue weighted by molar-refractivity contribution is 5.96. The largest absolute Gasteiger partial charge is 0.338 e. The first kappa shape index (κ1) is 17.0. The Hall–Kier alpha value is -3.45. The molecule has 2 aromatic carbocycles. The zero-order valence-electron chi connectivity index (χ0n) is 14.9. The van der Waals surface area contributed by atoms with Crippen molar-refractivity contribution >= 4 is 5.91 Å². The molecular weight excluding hydrogens is 334 g/mol. The third-order valence-corrected chi connectivity index (χ3v) is 5.10. The molecule has 0 saturated carbocycles. The molecule has 0 N–H and O–H groups in total. The molecule has 27 heavy (non-hydrogen) atoms. The van der Waals surface area contributed by atoms with Gasteiger partial charge in [0.1, 0.15) is 0 Å². The summed E-state index contributed by atoms with van der Waals surface area (Å²) in [7, 11) is 0. The van der Waals surface area contributed by atoms with E-state index in [0.717, 1.165) is 24.1 Å². The molecule has 2 heterocycles. The smallest absolute Gasteiger partial charge is 0.253 e. The van der Waals surface area contributed by atoms with Gasteiger partial charge in [0.25, 0.3) is 5.91 Å². The number of amides is 1. The summed E-state index contributed by atoms with van der Waals surface area (Å²) in [6, 6.07) is 21.3. The first-order chi connectivity index (χ1) is 13.3. The van der Waals surface area contributed by atoms with Gasteiger partial charge in [-0.25, -0.2) is 0 Å². The number of hydrogen-bond donors (Lipinski definition) is 0. The quantitative estimate of drug-likeness (QED) is 0.707. The van der Waals surface area contributed by atoms with E-state index in [0.29, 0.717) is 23.6 Å². The van der Waals surface area contributed by atoms with Crippen LogP contribution in [-0.4, -0.2) is 28.9 Å². The number of hydrogen-bond acceptors (Lipinski definition) is 3. The normalized spacial score (nSPS) is 16.1. The van der Waals surface area contributed by atoms with Crippen LogP contribution < -0.4 is 0 Å². The first-order valence-electron chi connectivity index (χ1n) is 9.05. The van der Waals surface area contributed by atoms with Crippen molar-refractivity contribution in [3.8, 4) is 17.2 Å². The number of benzene rings is 2. The van der Waals surface area contributed by atoms with E-state index in [1.165, 1.54) is 5.56 Å². The standard InChI is InChI=1S/C23H19N3O/c24-14-19-9-8-18(13-22(19)17-5-2-1-3-6-17)23(27)26-12-10-21(16-26)20-7-4-11-25-15-20/h1-9,11,13,15,21H,10,12,16H2. The van der Waals surface area contributed by atoms with Crippen LogP contribution in [0, 0.1) is 11.3 Å². The van der Waals surface area contributed by atoms with Crippen LogP contribution in [0.25, 0.3) is 11.1 Å². The second kappa shape index (κ2) is 7.43. The van der Waals surface area contributed by atoms with Crippen LogP contribution in [0.2, 0.25) is 0 Å². The van der Waals surface area contributed by atoms with Crippen molar-refractivity contribution in [1.29, 1.82) is 5.26 Å². The molecule has 1 saturated heterocycles. The Morgan fingerprint density at radius 1 is 1.11 bits per heavy atom. The molecule has 4 rings (SSSR count). The van der Waals surface area contributed by atoms with Crippen molar-refractivity contribution in [2.24, 2.45) is 0 Å². The fourth-order valence-electron chi connectivity index (χ4n) is 3.65. The summed E-state index contributed by atoms with van der Waals surface area (Å²) in [6.45, 7) is 1.43. The Morgan fingerprint density at radius 3 is 2.70 bits per heavy atom. The number of nitriles is 1. The van der Waals surface area contributed by atoms with Crippen LogP contribution in [0.3, 0.4) is 0 Å². The number of carbonyl (C=O) groups excluding carboxylic acids is 1. The SMILES string of the molecule is N#Cc1ccc(C(=O)N2CCC(c3cccnc3)C2)cc1-c1ccccc1. The van der Waals surface area contributed by atoms with E-state index in [-0.39, 0.29) is 5.91 Å². The molecule has 0 aliphatic carbocycles. The van der Waals surface area contributed by atoms with E-state index in [2.05, 4.69) is 17.1 Å². The number of rotatable bonds is 3. The monoisotopic (exact) mass is 353 g/mol. The molecule has 1 aromatic heterocycles. The van der Waals surface area contributed by atoms with E-state index in [9.17, 15) is 10.1 Å². The van der Waals surface area contributed by atoms with Gasteiger partial charge >= 0.3 is 0 Å². The van der Waals surface area contributed by atoms with E-state index in [1.54, 1.807) is 18.3 Å². The molecule has 132 valence electrons. The zero-order chi connectivity index (χ0) is 18.6. The molecule has 0 spiro atoms. The van der Waals surface area contributed by atoms with Crippen LogP contribution in [0.15, 0.2) is 73.1 Å². The fraction of sp³-hybridized carbons (Fsp3) is 0.174. The Labute approximate surface area is 158 Å². The summed E-state index contributed by atoms with van der Waals surface area (Å²) in [5.74, 6) is 0.345. The Balaban J connectivity index is 1.59. The molecule has 3 aromatic rings. The maximum Gasteiger partial charge on any atom is 0.253 e. The number of likely N-dealkylation sites (tertiary alicyclic amines) is 1. The lowest BCUT2D eigenvalue weighted by atomic mass is 9.97. The van der Waals surface area contributed by atoms with Gasteiger partial charge in [-0.05, 0) is 41.8 Å². The molecule has 0 radical (unpaired) electrons. The zero-order valence-corrected chi connectivity index (χ0v) is 14.9. The van der Waals surface area contributed by atoms with Gasteiger partial charge in [0, 0.05) is 42.5 Å². The topological polar surface area (TPSA) is 57.0 Å². The minimum atomic E-state index is 0.0167. The molecule has 1 atom stereocenters. The van der Waals surface area contributed by atoms with Crippen LogP contribution in [0.5, 0.6) is 0 Å². The second-order valence-electron chi connectivity index (χ2n) is 6.76. The van der Waals surface area contributed by atoms with Crippen molar-refractivity contribution < 1.29 is 4.79 Å². The van der Waals surface area contributed by atoms with E-state index >= 15 is 0 Å². The predicted octanol–water partition coefficient (Wildman–Crippen LogP) is 4.25. The average molecular weight is 353 g/mol. The van der Waals surface area contributed by atoms with Crippen LogP contribution in [0.1, 0.15) is 33.8 Å². The maximum absolute atomic E-state index is 13.0. The molecule has 0 bridgehead atoms. The third-order valence-electron chi connectivity index (χ3n) is 5.10. The summed E-state index contributed by atoms with van der Waals surface area (Å²) in [6.07, 6.45) is 4.59. The Kier molecular flexibility index (Phi) is 4.67. The highest BCUT2D eigenvalue weighted by Gasteiger charge is 2.28. The molecular formula is C23H19N3O. The van der Waals surface area contributed by atoms with Gasteiger partial charge in [-0.15, -0.1) is 0 Å². The summed E-state index contributed by atoms with van der Waals surface area (Å²) >= 11 is 0. The van der Waals surface area contributed by atoms with Gasteiger partial charge in [-0.2, -0.15) is 5.26 Å². The predicted molar refractivity (Wildman–Crippen MR) is 104 cm³/mol. The minimum Gasteiger partial charge on any atom is -0.338 e. The van der Waals surface area contributed by atoms with Crippen LogP contribution >= 0.6 is 0 Å². The molecule has 1 aliphatic rings. The lowest BCUT2D eigenvalue weighted by molar-refractivity contribution is 0.0791. The van der Waals surface area contributed by atoms with Crippen molar-refractivity contribution in [2.45, 2.75) is 12.3 Å². The van der Waals surface area contributed by atoms with Crippen molar-refractivity contribution in [1.82, 2.24) is 9.88 Å². The Morgan fingerprint density at radius 2 is 1.96 bits per heavy atom. The molecule has 4 heteroatoms. The summed E-state index contributed by atoms with van der Waals surface area (Å²) in [5, 5.41) is 9.43. The molecule has 1 unspecified atom stereocenters. The van der Waals surface area contributed by atoms with E-state index in [4.69, 9.17) is 0 Å². The minimum absolute atomic E-state index is 0.0167. The van der Waals surface area contributed by atoms with Crippen molar-refractivity contribution in [2.75, 3.05) is 13.1 Å². The average Bonchev–Trinajstić information content (AvgIpc) is 3.24. The summed E-state index contributed by atoms with van der Waals surface area (Å²) in [5.41, 5.74) is 4.12. The van der Waals surface area contributed by atoms with Crippen molar-refractivity contribution in [3.05, 3.63) is 89.7 Å². The highest BCUT2D eigenvalue weighted by Crippen LogP contribution is 2.29. The van der Waals surface area contributed by atoms with Gasteiger partial charge in [-0.1, -0.05) is 36.4 Å². The van der Waals surface area contributed by atoms with Gasteiger partial charge in [0.2, 0.25) is 0 Å². The van der Waals surface area contributed by atoms with Gasteiger partial charge < -0.3 is 4.90 Å². The number of aromatic nitrogens is 1. The number of pyridine rings is 1. The number of carbonyl (C=O) groups is 1. The maximum atomic E-state index is 13.0. The molecule has 1 fully saturated rings.